The molecule has 0 aliphatic carbocycles. The minimum Gasteiger partial charge on any atom is -0.486 e. The molecule has 0 N–H and O–H groups in total. The smallest absolute Gasteiger partial charge is 0.201 e. The first-order chi connectivity index (χ1) is 11.7. The number of ether oxygens (including phenoxy) is 1. The quantitative estimate of drug-likeness (QED) is 0.682. The first-order valence-corrected chi connectivity index (χ1v) is 7.13. The van der Waals surface area contributed by atoms with E-state index in [2.05, 4.69) is 15.9 Å². The fourth-order valence-electron chi connectivity index (χ4n) is 2.09. The van der Waals surface area contributed by atoms with E-state index in [1.807, 2.05) is 30.3 Å². The molecule has 0 aliphatic heterocycles. The Morgan fingerprint density at radius 1 is 0.958 bits per heavy atom. The molecule has 0 bridgehead atoms. The van der Waals surface area contributed by atoms with Crippen molar-refractivity contribution in [1.82, 2.24) is 9.97 Å². The Balaban J connectivity index is 1.84. The zero-order valence-electron chi connectivity index (χ0n) is 12.5. The summed E-state index contributed by atoms with van der Waals surface area (Å²) in [6.45, 7) is 0.143. The second-order valence-electron chi connectivity index (χ2n) is 4.95. The predicted octanol–water partition coefficient (Wildman–Crippen LogP) is 3.98. The van der Waals surface area contributed by atoms with Gasteiger partial charge in [0.1, 0.15) is 6.61 Å². The summed E-state index contributed by atoms with van der Waals surface area (Å²) >= 11 is 0. The molecule has 1 heterocycles. The molecule has 5 heteroatoms. The van der Waals surface area contributed by atoms with Gasteiger partial charge in [0, 0.05) is 12.4 Å². The molecule has 2 aromatic carbocycles. The molecular formula is C19H12F2N2O. The van der Waals surface area contributed by atoms with E-state index in [4.69, 9.17) is 11.2 Å². The van der Waals surface area contributed by atoms with E-state index in [0.29, 0.717) is 5.56 Å². The summed E-state index contributed by atoms with van der Waals surface area (Å²) in [5.74, 6) is 0.112. The Hall–Kier alpha value is -3.26. The highest BCUT2D eigenvalue weighted by molar-refractivity contribution is 5.58. The Morgan fingerprint density at radius 2 is 1.67 bits per heavy atom. The molecule has 1 aromatic heterocycles. The zero-order valence-corrected chi connectivity index (χ0v) is 12.5. The van der Waals surface area contributed by atoms with Crippen LogP contribution < -0.4 is 4.74 Å². The topological polar surface area (TPSA) is 35.0 Å². The summed E-state index contributed by atoms with van der Waals surface area (Å²) in [6, 6.07) is 12.0. The summed E-state index contributed by atoms with van der Waals surface area (Å²) in [7, 11) is 0. The molecule has 0 aliphatic rings. The van der Waals surface area contributed by atoms with Crippen LogP contribution in [0.3, 0.4) is 0 Å². The maximum Gasteiger partial charge on any atom is 0.201 e. The highest BCUT2D eigenvalue weighted by Crippen LogP contribution is 2.28. The molecular weight excluding hydrogens is 310 g/mol. The van der Waals surface area contributed by atoms with Crippen molar-refractivity contribution in [1.29, 1.82) is 0 Å². The predicted molar refractivity (Wildman–Crippen MR) is 86.1 cm³/mol. The lowest BCUT2D eigenvalue weighted by Gasteiger charge is -2.10. The molecule has 118 valence electrons. The van der Waals surface area contributed by atoms with Crippen LogP contribution in [0.4, 0.5) is 8.78 Å². The lowest BCUT2D eigenvalue weighted by atomic mass is 10.1. The number of hydrogen-bond donors (Lipinski definition) is 0. The fourth-order valence-corrected chi connectivity index (χ4v) is 2.09. The molecule has 0 saturated carbocycles. The number of rotatable bonds is 4. The highest BCUT2D eigenvalue weighted by atomic mass is 19.2. The molecule has 0 atom stereocenters. The molecule has 3 nitrogen and oxygen atoms in total. The van der Waals surface area contributed by atoms with E-state index in [-0.39, 0.29) is 23.7 Å². The van der Waals surface area contributed by atoms with Crippen LogP contribution in [0.2, 0.25) is 0 Å². The summed E-state index contributed by atoms with van der Waals surface area (Å²) in [6.07, 6.45) is 7.96. The minimum atomic E-state index is -1.08. The largest absolute Gasteiger partial charge is 0.486 e. The monoisotopic (exact) mass is 322 g/mol. The number of halogens is 2. The van der Waals surface area contributed by atoms with E-state index in [1.165, 1.54) is 24.5 Å². The van der Waals surface area contributed by atoms with Crippen molar-refractivity contribution in [3.63, 3.8) is 0 Å². The van der Waals surface area contributed by atoms with Crippen molar-refractivity contribution in [2.24, 2.45) is 0 Å². The average molecular weight is 322 g/mol. The van der Waals surface area contributed by atoms with Gasteiger partial charge in [0.25, 0.3) is 0 Å². The van der Waals surface area contributed by atoms with Gasteiger partial charge in [0.2, 0.25) is 5.82 Å². The molecule has 0 unspecified atom stereocenters. The molecule has 0 radical (unpaired) electrons. The SMILES string of the molecule is C#Cc1cnc(-c2ccc(OCc3ccccc3)c(F)c2F)nc1. The van der Waals surface area contributed by atoms with Gasteiger partial charge in [-0.2, -0.15) is 4.39 Å². The van der Waals surface area contributed by atoms with Crippen LogP contribution in [-0.4, -0.2) is 9.97 Å². The van der Waals surface area contributed by atoms with E-state index < -0.39 is 11.6 Å². The summed E-state index contributed by atoms with van der Waals surface area (Å²) < 4.78 is 33.8. The van der Waals surface area contributed by atoms with E-state index >= 15 is 0 Å². The van der Waals surface area contributed by atoms with Crippen LogP contribution in [0.25, 0.3) is 11.4 Å². The van der Waals surface area contributed by atoms with Crippen molar-refractivity contribution in [3.8, 4) is 29.5 Å². The average Bonchev–Trinajstić information content (AvgIpc) is 2.64. The standard InChI is InChI=1S/C19H12F2N2O/c1-2-13-10-22-19(23-11-13)15-8-9-16(18(21)17(15)20)24-12-14-6-4-3-5-7-14/h1,3-11H,12H2. The third kappa shape index (κ3) is 3.23. The van der Waals surface area contributed by atoms with Gasteiger partial charge in [-0.25, -0.2) is 14.4 Å². The van der Waals surface area contributed by atoms with Crippen LogP contribution in [0.1, 0.15) is 11.1 Å². The van der Waals surface area contributed by atoms with Crippen molar-refractivity contribution < 1.29 is 13.5 Å². The molecule has 24 heavy (non-hydrogen) atoms. The Kier molecular flexibility index (Phi) is 4.48. The first-order valence-electron chi connectivity index (χ1n) is 7.13. The highest BCUT2D eigenvalue weighted by Gasteiger charge is 2.17. The normalized spacial score (nSPS) is 10.2. The third-order valence-corrected chi connectivity index (χ3v) is 3.34. The van der Waals surface area contributed by atoms with Crippen molar-refractivity contribution >= 4 is 0 Å². The van der Waals surface area contributed by atoms with Crippen LogP contribution in [-0.2, 0) is 6.61 Å². The Labute approximate surface area is 138 Å². The van der Waals surface area contributed by atoms with Crippen molar-refractivity contribution in [2.75, 3.05) is 0 Å². The van der Waals surface area contributed by atoms with E-state index in [1.54, 1.807) is 0 Å². The third-order valence-electron chi connectivity index (χ3n) is 3.34. The number of terminal acetylenes is 1. The van der Waals surface area contributed by atoms with Gasteiger partial charge in [-0.3, -0.25) is 0 Å². The zero-order chi connectivity index (χ0) is 16.9. The maximum atomic E-state index is 14.3. The van der Waals surface area contributed by atoms with Crippen molar-refractivity contribution in [2.45, 2.75) is 6.61 Å². The van der Waals surface area contributed by atoms with Gasteiger partial charge in [-0.15, -0.1) is 6.42 Å². The fraction of sp³-hybridized carbons (Fsp3) is 0.0526. The lowest BCUT2D eigenvalue weighted by molar-refractivity contribution is 0.285. The summed E-state index contributed by atoms with van der Waals surface area (Å²) in [4.78, 5) is 7.89. The van der Waals surface area contributed by atoms with Gasteiger partial charge < -0.3 is 4.74 Å². The van der Waals surface area contributed by atoms with Gasteiger partial charge in [-0.1, -0.05) is 36.3 Å². The van der Waals surface area contributed by atoms with Gasteiger partial charge in [0.15, 0.2) is 17.4 Å². The van der Waals surface area contributed by atoms with Gasteiger partial charge >= 0.3 is 0 Å². The second-order valence-corrected chi connectivity index (χ2v) is 4.95. The molecule has 0 spiro atoms. The van der Waals surface area contributed by atoms with Gasteiger partial charge in [0.05, 0.1) is 11.1 Å². The second kappa shape index (κ2) is 6.88. The summed E-state index contributed by atoms with van der Waals surface area (Å²) in [5, 5.41) is 0. The van der Waals surface area contributed by atoms with Crippen LogP contribution in [0.15, 0.2) is 54.9 Å². The van der Waals surface area contributed by atoms with Crippen molar-refractivity contribution in [3.05, 3.63) is 77.6 Å². The van der Waals surface area contributed by atoms with Gasteiger partial charge in [-0.05, 0) is 17.7 Å². The van der Waals surface area contributed by atoms with Crippen LogP contribution in [0.5, 0.6) is 5.75 Å². The Bertz CT molecular complexity index is 888. The lowest BCUT2D eigenvalue weighted by Crippen LogP contribution is -2.01. The number of hydrogen-bond acceptors (Lipinski definition) is 3. The molecule has 0 amide bonds. The first kappa shape index (κ1) is 15.6. The van der Waals surface area contributed by atoms with E-state index in [0.717, 1.165) is 5.56 Å². The molecule has 3 aromatic rings. The number of benzene rings is 2. The number of aromatic nitrogens is 2. The van der Waals surface area contributed by atoms with Crippen LogP contribution >= 0.6 is 0 Å². The molecule has 0 fully saturated rings. The maximum absolute atomic E-state index is 14.3. The number of nitrogens with zero attached hydrogens (tertiary/aromatic N) is 2. The molecule has 3 rings (SSSR count). The summed E-state index contributed by atoms with van der Waals surface area (Å²) in [5.41, 5.74) is 1.26. The van der Waals surface area contributed by atoms with Crippen LogP contribution in [0, 0.1) is 24.0 Å². The molecule has 0 saturated heterocycles. The Morgan fingerprint density at radius 3 is 2.33 bits per heavy atom. The van der Waals surface area contributed by atoms with E-state index in [9.17, 15) is 8.78 Å². The minimum absolute atomic E-state index is 0.0527.